The van der Waals surface area contributed by atoms with Gasteiger partial charge in [0.2, 0.25) is 0 Å². The lowest BCUT2D eigenvalue weighted by Gasteiger charge is -2.40. The molecule has 2 aliphatic rings. The lowest BCUT2D eigenvalue weighted by molar-refractivity contribution is -0.146. The van der Waals surface area contributed by atoms with Crippen molar-refractivity contribution >= 4 is 5.91 Å². The van der Waals surface area contributed by atoms with Gasteiger partial charge in [-0.05, 0) is 37.5 Å². The van der Waals surface area contributed by atoms with Crippen LogP contribution in [0.3, 0.4) is 0 Å². The van der Waals surface area contributed by atoms with E-state index < -0.39 is 5.82 Å². The predicted octanol–water partition coefficient (Wildman–Crippen LogP) is 1.90. The molecule has 0 bridgehead atoms. The van der Waals surface area contributed by atoms with E-state index in [1.165, 1.54) is 6.07 Å². The number of hydrogen-bond acceptors (Lipinski definition) is 4. The van der Waals surface area contributed by atoms with E-state index in [0.717, 1.165) is 24.8 Å². The van der Waals surface area contributed by atoms with Gasteiger partial charge in [0.05, 0.1) is 25.4 Å². The van der Waals surface area contributed by atoms with Gasteiger partial charge in [-0.15, -0.1) is 0 Å². The third-order valence-electron chi connectivity index (χ3n) is 4.95. The summed E-state index contributed by atoms with van der Waals surface area (Å²) in [6.45, 7) is 3.02. The van der Waals surface area contributed by atoms with Crippen molar-refractivity contribution in [3.05, 3.63) is 29.6 Å². The monoisotopic (exact) mass is 337 g/mol. The van der Waals surface area contributed by atoms with Gasteiger partial charge < -0.3 is 19.5 Å². The van der Waals surface area contributed by atoms with E-state index in [1.807, 2.05) is 6.92 Å². The Morgan fingerprint density at radius 2 is 2.29 bits per heavy atom. The molecule has 1 heterocycles. The van der Waals surface area contributed by atoms with Crippen molar-refractivity contribution in [2.75, 3.05) is 26.4 Å². The smallest absolute Gasteiger partial charge is 0.260 e. The van der Waals surface area contributed by atoms with Crippen molar-refractivity contribution in [3.63, 3.8) is 0 Å². The van der Waals surface area contributed by atoms with Gasteiger partial charge in [-0.25, -0.2) is 4.39 Å². The molecule has 24 heavy (non-hydrogen) atoms. The lowest BCUT2D eigenvalue weighted by Crippen LogP contribution is -2.54. The van der Waals surface area contributed by atoms with Crippen molar-refractivity contribution in [2.45, 2.75) is 38.3 Å². The highest BCUT2D eigenvalue weighted by Gasteiger charge is 2.39. The van der Waals surface area contributed by atoms with Crippen molar-refractivity contribution in [3.8, 4) is 5.75 Å². The number of rotatable bonds is 4. The molecule has 1 aromatic rings. The first-order valence-corrected chi connectivity index (χ1v) is 8.50. The fourth-order valence-corrected chi connectivity index (χ4v) is 3.65. The average Bonchev–Trinajstić information content (AvgIpc) is 3.01. The number of amides is 1. The molecule has 132 valence electrons. The zero-order valence-electron chi connectivity index (χ0n) is 13.9. The summed E-state index contributed by atoms with van der Waals surface area (Å²) in [7, 11) is 0. The van der Waals surface area contributed by atoms with Gasteiger partial charge >= 0.3 is 0 Å². The molecule has 0 unspecified atom stereocenters. The van der Waals surface area contributed by atoms with E-state index in [9.17, 15) is 14.3 Å². The number of aliphatic hydroxyl groups is 1. The van der Waals surface area contributed by atoms with E-state index >= 15 is 0 Å². The van der Waals surface area contributed by atoms with Crippen molar-refractivity contribution in [1.82, 2.24) is 4.90 Å². The number of halogens is 1. The zero-order valence-corrected chi connectivity index (χ0v) is 13.9. The second kappa shape index (κ2) is 7.49. The number of aliphatic hydroxyl groups excluding tert-OH is 1. The van der Waals surface area contributed by atoms with Crippen LogP contribution >= 0.6 is 0 Å². The molecule has 1 aliphatic carbocycles. The molecular weight excluding hydrogens is 313 g/mol. The molecule has 5 nitrogen and oxygen atoms in total. The molecule has 1 saturated carbocycles. The molecule has 0 radical (unpaired) electrons. The van der Waals surface area contributed by atoms with E-state index in [1.54, 1.807) is 17.0 Å². The number of benzene rings is 1. The summed E-state index contributed by atoms with van der Waals surface area (Å²) >= 11 is 0. The Balaban J connectivity index is 1.64. The van der Waals surface area contributed by atoms with Crippen molar-refractivity contribution < 1.29 is 23.8 Å². The van der Waals surface area contributed by atoms with Gasteiger partial charge in [0.25, 0.3) is 5.91 Å². The summed E-state index contributed by atoms with van der Waals surface area (Å²) in [4.78, 5) is 14.3. The number of aryl methyl sites for hydroxylation is 1. The fraction of sp³-hybridized carbons (Fsp3) is 0.611. The van der Waals surface area contributed by atoms with Gasteiger partial charge in [-0.2, -0.15) is 0 Å². The quantitative estimate of drug-likeness (QED) is 0.912. The fourth-order valence-electron chi connectivity index (χ4n) is 3.65. The van der Waals surface area contributed by atoms with Crippen molar-refractivity contribution in [1.29, 1.82) is 0 Å². The lowest BCUT2D eigenvalue weighted by atomic mass is 9.94. The first-order valence-electron chi connectivity index (χ1n) is 8.50. The Labute approximate surface area is 141 Å². The number of morpholine rings is 1. The maximum absolute atomic E-state index is 13.7. The molecule has 1 N–H and O–H groups in total. The van der Waals surface area contributed by atoms with E-state index in [0.29, 0.717) is 19.8 Å². The summed E-state index contributed by atoms with van der Waals surface area (Å²) in [6.07, 6.45) is 2.25. The number of nitrogens with zero attached hydrogens (tertiary/aromatic N) is 1. The molecule has 1 amide bonds. The van der Waals surface area contributed by atoms with Gasteiger partial charge in [-0.1, -0.05) is 12.5 Å². The normalized spacial score (nSPS) is 27.3. The Kier molecular flexibility index (Phi) is 5.36. The van der Waals surface area contributed by atoms with Crippen LogP contribution < -0.4 is 4.74 Å². The number of ether oxygens (including phenoxy) is 2. The third kappa shape index (κ3) is 3.70. The molecule has 2 fully saturated rings. The number of carbonyl (C=O) groups is 1. The minimum atomic E-state index is -0.474. The summed E-state index contributed by atoms with van der Waals surface area (Å²) in [5.41, 5.74) is 0.872. The Bertz CT molecular complexity index is 594. The average molecular weight is 337 g/mol. The van der Waals surface area contributed by atoms with Crippen LogP contribution in [-0.4, -0.2) is 54.4 Å². The summed E-state index contributed by atoms with van der Waals surface area (Å²) in [5, 5.41) is 10.1. The van der Waals surface area contributed by atoms with Gasteiger partial charge in [0, 0.05) is 12.5 Å². The minimum absolute atomic E-state index is 0.0463. The van der Waals surface area contributed by atoms with Crippen LogP contribution in [-0.2, 0) is 9.53 Å². The first-order chi connectivity index (χ1) is 11.6. The third-order valence-corrected chi connectivity index (χ3v) is 4.95. The minimum Gasteiger partial charge on any atom is -0.481 e. The highest BCUT2D eigenvalue weighted by atomic mass is 19.1. The molecule has 6 heteroatoms. The van der Waals surface area contributed by atoms with Gasteiger partial charge in [-0.3, -0.25) is 4.79 Å². The molecule has 0 spiro atoms. The molecule has 1 saturated heterocycles. The largest absolute Gasteiger partial charge is 0.481 e. The standard InChI is InChI=1S/C18H24FNO4/c1-12-5-6-14(19)17(9-12)24-11-18(22)20-7-8-23-10-15(20)13-3-2-4-16(13)21/h5-6,9,13,15-16,21H,2-4,7-8,10-11H2,1H3/t13-,15-,16+/m1/s1. The number of hydrogen-bond donors (Lipinski definition) is 1. The Hall–Kier alpha value is -1.66. The maximum atomic E-state index is 13.7. The molecular formula is C18H24FNO4. The molecule has 0 aromatic heterocycles. The highest BCUT2D eigenvalue weighted by molar-refractivity contribution is 5.78. The van der Waals surface area contributed by atoms with Gasteiger partial charge in [0.15, 0.2) is 18.2 Å². The van der Waals surface area contributed by atoms with E-state index in [4.69, 9.17) is 9.47 Å². The molecule has 3 rings (SSSR count). The first kappa shape index (κ1) is 17.2. The SMILES string of the molecule is Cc1ccc(F)c(OCC(=O)N2CCOC[C@@H]2[C@H]2CCC[C@@H]2O)c1. The topological polar surface area (TPSA) is 59.0 Å². The van der Waals surface area contributed by atoms with Crippen LogP contribution in [0.4, 0.5) is 4.39 Å². The Morgan fingerprint density at radius 1 is 1.46 bits per heavy atom. The predicted molar refractivity (Wildman–Crippen MR) is 86.3 cm³/mol. The molecule has 1 aromatic carbocycles. The second-order valence-electron chi connectivity index (χ2n) is 6.61. The Morgan fingerprint density at radius 3 is 3.04 bits per heavy atom. The van der Waals surface area contributed by atoms with Crippen LogP contribution in [0.5, 0.6) is 5.75 Å². The summed E-state index contributed by atoms with van der Waals surface area (Å²) in [5.74, 6) is -0.527. The molecule has 3 atom stereocenters. The van der Waals surface area contributed by atoms with Crippen LogP contribution in [0, 0.1) is 18.7 Å². The number of carbonyl (C=O) groups excluding carboxylic acids is 1. The van der Waals surface area contributed by atoms with Crippen LogP contribution in [0.25, 0.3) is 0 Å². The highest BCUT2D eigenvalue weighted by Crippen LogP contribution is 2.32. The van der Waals surface area contributed by atoms with Crippen LogP contribution in [0.15, 0.2) is 18.2 Å². The van der Waals surface area contributed by atoms with Crippen LogP contribution in [0.1, 0.15) is 24.8 Å². The van der Waals surface area contributed by atoms with Crippen molar-refractivity contribution in [2.24, 2.45) is 5.92 Å². The van der Waals surface area contributed by atoms with Gasteiger partial charge in [0.1, 0.15) is 0 Å². The van der Waals surface area contributed by atoms with Crippen LogP contribution in [0.2, 0.25) is 0 Å². The van der Waals surface area contributed by atoms with E-state index in [-0.39, 0.29) is 36.3 Å². The molecule has 1 aliphatic heterocycles. The maximum Gasteiger partial charge on any atom is 0.260 e. The zero-order chi connectivity index (χ0) is 17.1. The summed E-state index contributed by atoms with van der Waals surface area (Å²) < 4.78 is 24.6. The second-order valence-corrected chi connectivity index (χ2v) is 6.61. The van der Waals surface area contributed by atoms with E-state index in [2.05, 4.69) is 0 Å². The summed E-state index contributed by atoms with van der Waals surface area (Å²) in [6, 6.07) is 4.44.